The number of methoxy groups -OCH3 is 1. The molecule has 0 saturated heterocycles. The number of nitrogens with two attached hydrogens (primary N) is 1. The molecule has 22 heavy (non-hydrogen) atoms. The van der Waals surface area contributed by atoms with Crippen LogP contribution in [0.4, 0.5) is 5.82 Å². The summed E-state index contributed by atoms with van der Waals surface area (Å²) in [5, 5.41) is 0. The number of hydrogen-bond donors (Lipinski definition) is 3. The number of aromatic nitrogens is 4. The van der Waals surface area contributed by atoms with E-state index in [1.165, 1.54) is 17.2 Å². The molecule has 0 saturated carbocycles. The van der Waals surface area contributed by atoms with Gasteiger partial charge >= 0.3 is 13.6 Å². The van der Waals surface area contributed by atoms with Gasteiger partial charge in [0.1, 0.15) is 18.2 Å². The lowest BCUT2D eigenvalue weighted by molar-refractivity contribution is -0.153. The Balaban J connectivity index is 2.23. The van der Waals surface area contributed by atoms with Crippen molar-refractivity contribution in [3.63, 3.8) is 0 Å². The fraction of sp³-hybridized carbons (Fsp3) is 0.400. The molecular formula is C10H14N5O6P. The van der Waals surface area contributed by atoms with E-state index in [9.17, 15) is 9.36 Å². The fourth-order valence-electron chi connectivity index (χ4n) is 1.72. The molecule has 2 heterocycles. The number of carbonyl (C=O) groups excluding carboxylic acids is 1. The molecule has 0 bridgehead atoms. The SMILES string of the molecule is COC(=O)[C@H](Cn1cnc2c(N)ncnc21)OCP(=O)(O)O. The van der Waals surface area contributed by atoms with E-state index >= 15 is 0 Å². The zero-order chi connectivity index (χ0) is 16.3. The summed E-state index contributed by atoms with van der Waals surface area (Å²) in [6.45, 7) is -0.0976. The Kier molecular flexibility index (Phi) is 4.71. The maximum Gasteiger partial charge on any atom is 0.351 e. The van der Waals surface area contributed by atoms with Crippen LogP contribution < -0.4 is 5.73 Å². The highest BCUT2D eigenvalue weighted by Gasteiger charge is 2.26. The van der Waals surface area contributed by atoms with Crippen LogP contribution in [0.15, 0.2) is 12.7 Å². The maximum atomic E-state index is 11.7. The van der Waals surface area contributed by atoms with Gasteiger partial charge in [0, 0.05) is 0 Å². The van der Waals surface area contributed by atoms with Gasteiger partial charge in [0.2, 0.25) is 0 Å². The van der Waals surface area contributed by atoms with E-state index in [0.29, 0.717) is 11.2 Å². The second-order valence-electron chi connectivity index (χ2n) is 4.30. The molecule has 0 spiro atoms. The number of nitrogens with zero attached hydrogens (tertiary/aromatic N) is 4. The van der Waals surface area contributed by atoms with Gasteiger partial charge in [0.25, 0.3) is 0 Å². The highest BCUT2D eigenvalue weighted by molar-refractivity contribution is 7.51. The summed E-state index contributed by atoms with van der Waals surface area (Å²) in [4.78, 5) is 41.1. The van der Waals surface area contributed by atoms with E-state index in [0.717, 1.165) is 7.11 Å². The van der Waals surface area contributed by atoms with Gasteiger partial charge in [-0.15, -0.1) is 0 Å². The molecule has 120 valence electrons. The smallest absolute Gasteiger partial charge is 0.351 e. The van der Waals surface area contributed by atoms with E-state index in [4.69, 9.17) is 20.3 Å². The molecule has 0 amide bonds. The Morgan fingerprint density at radius 1 is 1.45 bits per heavy atom. The molecular weight excluding hydrogens is 317 g/mol. The maximum absolute atomic E-state index is 11.7. The molecule has 2 aromatic rings. The Labute approximate surface area is 124 Å². The van der Waals surface area contributed by atoms with Crippen LogP contribution in [0.25, 0.3) is 11.2 Å². The minimum absolute atomic E-state index is 0.0976. The van der Waals surface area contributed by atoms with Crippen molar-refractivity contribution in [2.45, 2.75) is 12.6 Å². The zero-order valence-corrected chi connectivity index (χ0v) is 12.4. The topological polar surface area (TPSA) is 163 Å². The number of imidazole rings is 1. The Bertz CT molecular complexity index is 728. The Hall–Kier alpha value is -2.07. The van der Waals surface area contributed by atoms with Gasteiger partial charge < -0.3 is 29.6 Å². The van der Waals surface area contributed by atoms with Crippen LogP contribution in [0.3, 0.4) is 0 Å². The van der Waals surface area contributed by atoms with Crippen molar-refractivity contribution in [1.29, 1.82) is 0 Å². The molecule has 1 atom stereocenters. The van der Waals surface area contributed by atoms with Crippen LogP contribution in [-0.2, 0) is 25.4 Å². The van der Waals surface area contributed by atoms with Crippen LogP contribution in [0.2, 0.25) is 0 Å². The lowest BCUT2D eigenvalue weighted by atomic mass is 10.3. The van der Waals surface area contributed by atoms with Crippen molar-refractivity contribution < 1.29 is 28.6 Å². The molecule has 0 aromatic carbocycles. The quantitative estimate of drug-likeness (QED) is 0.446. The zero-order valence-electron chi connectivity index (χ0n) is 11.5. The summed E-state index contributed by atoms with van der Waals surface area (Å²) in [7, 11) is -3.27. The molecule has 12 heteroatoms. The average molecular weight is 331 g/mol. The number of rotatable bonds is 6. The summed E-state index contributed by atoms with van der Waals surface area (Å²) in [6.07, 6.45) is 0.467. The predicted molar refractivity (Wildman–Crippen MR) is 73.5 cm³/mol. The monoisotopic (exact) mass is 331 g/mol. The second-order valence-corrected chi connectivity index (χ2v) is 5.89. The van der Waals surface area contributed by atoms with Crippen LogP contribution in [0, 0.1) is 0 Å². The first-order chi connectivity index (χ1) is 10.3. The lowest BCUT2D eigenvalue weighted by Gasteiger charge is -2.16. The highest BCUT2D eigenvalue weighted by atomic mass is 31.2. The highest BCUT2D eigenvalue weighted by Crippen LogP contribution is 2.34. The Morgan fingerprint density at radius 3 is 2.82 bits per heavy atom. The molecule has 0 aliphatic carbocycles. The number of carbonyl (C=O) groups is 1. The van der Waals surface area contributed by atoms with E-state index in [1.54, 1.807) is 0 Å². The van der Waals surface area contributed by atoms with Crippen LogP contribution in [-0.4, -0.2) is 54.8 Å². The lowest BCUT2D eigenvalue weighted by Crippen LogP contribution is -2.30. The largest absolute Gasteiger partial charge is 0.467 e. The third-order valence-electron chi connectivity index (χ3n) is 2.70. The summed E-state index contributed by atoms with van der Waals surface area (Å²) in [5.74, 6) is -0.605. The van der Waals surface area contributed by atoms with Gasteiger partial charge in [-0.1, -0.05) is 0 Å². The van der Waals surface area contributed by atoms with Crippen LogP contribution >= 0.6 is 7.60 Å². The van der Waals surface area contributed by atoms with Crippen molar-refractivity contribution in [3.8, 4) is 0 Å². The van der Waals surface area contributed by atoms with Crippen LogP contribution in [0.5, 0.6) is 0 Å². The first kappa shape index (κ1) is 16.3. The molecule has 0 fully saturated rings. The van der Waals surface area contributed by atoms with E-state index in [1.807, 2.05) is 0 Å². The number of fused-ring (bicyclic) bond motifs is 1. The summed E-state index contributed by atoms with van der Waals surface area (Å²) < 4.78 is 21.8. The first-order valence-corrected chi connectivity index (χ1v) is 7.77. The number of esters is 1. The van der Waals surface area contributed by atoms with Crippen LogP contribution in [0.1, 0.15) is 0 Å². The number of anilines is 1. The standard InChI is InChI=1S/C10H14N5O6P/c1-20-10(16)6(21-5-22(17,18)19)2-15-4-14-7-8(11)12-3-13-9(7)15/h3-4,6H,2,5H2,1H3,(H2,11,12,13)(H2,17,18,19)/t6-/m0/s1. The van der Waals surface area contributed by atoms with Gasteiger partial charge in [0.05, 0.1) is 20.0 Å². The van der Waals surface area contributed by atoms with Gasteiger partial charge in [0.15, 0.2) is 17.6 Å². The molecule has 0 aliphatic rings. The molecule has 2 aromatic heterocycles. The minimum atomic E-state index is -4.42. The van der Waals surface area contributed by atoms with Crippen molar-refractivity contribution in [3.05, 3.63) is 12.7 Å². The molecule has 0 aliphatic heterocycles. The van der Waals surface area contributed by atoms with E-state index < -0.39 is 26.0 Å². The van der Waals surface area contributed by atoms with Gasteiger partial charge in [-0.3, -0.25) is 4.57 Å². The number of ether oxygens (including phenoxy) is 2. The first-order valence-electron chi connectivity index (χ1n) is 5.97. The normalized spacial score (nSPS) is 13.2. The predicted octanol–water partition coefficient (Wildman–Crippen LogP) is -0.898. The molecule has 0 radical (unpaired) electrons. The third-order valence-corrected chi connectivity index (χ3v) is 3.19. The second kappa shape index (κ2) is 6.36. The van der Waals surface area contributed by atoms with Crippen molar-refractivity contribution in [2.75, 3.05) is 19.2 Å². The van der Waals surface area contributed by atoms with Crippen molar-refractivity contribution in [2.24, 2.45) is 0 Å². The fourth-order valence-corrected chi connectivity index (χ4v) is 2.10. The van der Waals surface area contributed by atoms with Crippen molar-refractivity contribution >= 4 is 30.5 Å². The van der Waals surface area contributed by atoms with Crippen molar-refractivity contribution in [1.82, 2.24) is 19.5 Å². The molecule has 11 nitrogen and oxygen atoms in total. The molecule has 4 N–H and O–H groups in total. The molecule has 0 unspecified atom stereocenters. The van der Waals surface area contributed by atoms with E-state index in [2.05, 4.69) is 19.7 Å². The Morgan fingerprint density at radius 2 is 2.18 bits per heavy atom. The van der Waals surface area contributed by atoms with Gasteiger partial charge in [-0.05, 0) is 0 Å². The summed E-state index contributed by atoms with van der Waals surface area (Å²) in [5.41, 5.74) is 6.36. The van der Waals surface area contributed by atoms with Gasteiger partial charge in [-0.25, -0.2) is 19.7 Å². The summed E-state index contributed by atoms with van der Waals surface area (Å²) >= 11 is 0. The third kappa shape index (κ3) is 3.77. The summed E-state index contributed by atoms with van der Waals surface area (Å²) in [6, 6.07) is 0. The molecule has 2 rings (SSSR count). The van der Waals surface area contributed by atoms with Gasteiger partial charge in [-0.2, -0.15) is 0 Å². The number of nitrogen functional groups attached to an aromatic ring is 1. The minimum Gasteiger partial charge on any atom is -0.467 e. The van der Waals surface area contributed by atoms with E-state index in [-0.39, 0.29) is 12.4 Å². The number of hydrogen-bond acceptors (Lipinski definition) is 8. The average Bonchev–Trinajstić information content (AvgIpc) is 2.86.